The van der Waals surface area contributed by atoms with Gasteiger partial charge in [0.1, 0.15) is 5.69 Å². The summed E-state index contributed by atoms with van der Waals surface area (Å²) in [7, 11) is 1.80. The topological polar surface area (TPSA) is 58.4 Å². The number of likely N-dealkylation sites (N-methyl/N-ethyl adjacent to an activating group) is 1. The van der Waals surface area contributed by atoms with E-state index in [9.17, 15) is 9.90 Å². The van der Waals surface area contributed by atoms with Crippen molar-refractivity contribution in [2.45, 2.75) is 26.4 Å². The van der Waals surface area contributed by atoms with Crippen molar-refractivity contribution in [2.24, 2.45) is 7.05 Å². The van der Waals surface area contributed by atoms with Gasteiger partial charge in [0.2, 0.25) is 0 Å². The summed E-state index contributed by atoms with van der Waals surface area (Å²) in [6.07, 6.45) is 1.73. The number of hydrogen-bond acceptors (Lipinski definition) is 3. The van der Waals surface area contributed by atoms with Gasteiger partial charge < -0.3 is 10.0 Å². The summed E-state index contributed by atoms with van der Waals surface area (Å²) in [4.78, 5) is 14.5. The summed E-state index contributed by atoms with van der Waals surface area (Å²) >= 11 is 0. The molecule has 1 aromatic carbocycles. The van der Waals surface area contributed by atoms with Crippen LogP contribution in [0, 0.1) is 0 Å². The molecule has 1 heterocycles. The Labute approximate surface area is 131 Å². The summed E-state index contributed by atoms with van der Waals surface area (Å²) in [6, 6.07) is 9.65. The number of carbonyl (C=O) groups is 1. The van der Waals surface area contributed by atoms with Gasteiger partial charge in [-0.1, -0.05) is 30.3 Å². The van der Waals surface area contributed by atoms with Gasteiger partial charge in [-0.2, -0.15) is 5.10 Å². The number of carbonyl (C=O) groups excluding carboxylic acids is 1. The first-order chi connectivity index (χ1) is 10.3. The Kier molecular flexibility index (Phi) is 4.66. The lowest BCUT2D eigenvalue weighted by Crippen LogP contribution is -2.42. The van der Waals surface area contributed by atoms with E-state index in [1.54, 1.807) is 36.7 Å². The van der Waals surface area contributed by atoms with Gasteiger partial charge in [0, 0.05) is 31.9 Å². The van der Waals surface area contributed by atoms with E-state index in [1.165, 1.54) is 0 Å². The summed E-state index contributed by atoms with van der Waals surface area (Å²) in [5.74, 6) is -0.114. The largest absolute Gasteiger partial charge is 0.389 e. The molecule has 2 aromatic rings. The molecule has 5 heteroatoms. The molecule has 0 radical (unpaired) electrons. The van der Waals surface area contributed by atoms with Crippen molar-refractivity contribution in [3.05, 3.63) is 42.1 Å². The summed E-state index contributed by atoms with van der Waals surface area (Å²) in [6.45, 7) is 6.12. The second kappa shape index (κ2) is 6.32. The standard InChI is InChI=1S/C17H23N3O2/c1-5-20(12-17(2,3)22)16(21)14-11-19(4)18-15(14)13-9-7-6-8-10-13/h6-11,22H,5,12H2,1-4H3. The van der Waals surface area contributed by atoms with E-state index in [4.69, 9.17) is 0 Å². The van der Waals surface area contributed by atoms with Crippen molar-refractivity contribution >= 4 is 5.91 Å². The third kappa shape index (κ3) is 3.74. The summed E-state index contributed by atoms with van der Waals surface area (Å²) in [5.41, 5.74) is 1.20. The number of aryl methyl sites for hydroxylation is 1. The quantitative estimate of drug-likeness (QED) is 0.922. The van der Waals surface area contributed by atoms with Gasteiger partial charge >= 0.3 is 0 Å². The molecule has 0 atom stereocenters. The van der Waals surface area contributed by atoms with Crippen molar-refractivity contribution in [1.29, 1.82) is 0 Å². The van der Waals surface area contributed by atoms with Gasteiger partial charge in [-0.05, 0) is 20.8 Å². The van der Waals surface area contributed by atoms with Crippen molar-refractivity contribution in [3.63, 3.8) is 0 Å². The van der Waals surface area contributed by atoms with Crippen LogP contribution in [0.1, 0.15) is 31.1 Å². The lowest BCUT2D eigenvalue weighted by Gasteiger charge is -2.28. The lowest BCUT2D eigenvalue weighted by atomic mass is 10.1. The van der Waals surface area contributed by atoms with E-state index in [0.717, 1.165) is 5.56 Å². The van der Waals surface area contributed by atoms with E-state index < -0.39 is 5.60 Å². The zero-order valence-corrected chi connectivity index (χ0v) is 13.6. The maximum atomic E-state index is 12.8. The van der Waals surface area contributed by atoms with Crippen LogP contribution in [0.25, 0.3) is 11.3 Å². The fraction of sp³-hybridized carbons (Fsp3) is 0.412. The first-order valence-corrected chi connectivity index (χ1v) is 7.42. The van der Waals surface area contributed by atoms with Crippen LogP contribution in [0.15, 0.2) is 36.5 Å². The zero-order chi connectivity index (χ0) is 16.3. The number of hydrogen-bond donors (Lipinski definition) is 1. The molecule has 118 valence electrons. The molecule has 0 aliphatic rings. The Bertz CT molecular complexity index is 642. The van der Waals surface area contributed by atoms with Crippen LogP contribution in [0.3, 0.4) is 0 Å². The number of rotatable bonds is 5. The summed E-state index contributed by atoms with van der Waals surface area (Å²) < 4.78 is 1.65. The van der Waals surface area contributed by atoms with Crippen molar-refractivity contribution in [2.75, 3.05) is 13.1 Å². The van der Waals surface area contributed by atoms with E-state index in [2.05, 4.69) is 5.10 Å². The van der Waals surface area contributed by atoms with Crippen LogP contribution >= 0.6 is 0 Å². The van der Waals surface area contributed by atoms with Gasteiger partial charge in [-0.25, -0.2) is 0 Å². The molecule has 1 aromatic heterocycles. The van der Waals surface area contributed by atoms with E-state index >= 15 is 0 Å². The van der Waals surface area contributed by atoms with Gasteiger partial charge in [0.05, 0.1) is 11.2 Å². The zero-order valence-electron chi connectivity index (χ0n) is 13.6. The molecular weight excluding hydrogens is 278 g/mol. The van der Waals surface area contributed by atoms with Crippen molar-refractivity contribution in [1.82, 2.24) is 14.7 Å². The molecule has 2 rings (SSSR count). The average Bonchev–Trinajstić information content (AvgIpc) is 2.86. The van der Waals surface area contributed by atoms with Gasteiger partial charge in [-0.3, -0.25) is 9.48 Å². The van der Waals surface area contributed by atoms with Crippen LogP contribution in [0.2, 0.25) is 0 Å². The Morgan fingerprint density at radius 1 is 1.32 bits per heavy atom. The molecule has 0 fully saturated rings. The normalized spacial score (nSPS) is 11.5. The average molecular weight is 301 g/mol. The van der Waals surface area contributed by atoms with E-state index in [-0.39, 0.29) is 12.5 Å². The molecule has 5 nitrogen and oxygen atoms in total. The third-order valence-electron chi connectivity index (χ3n) is 3.35. The predicted octanol–water partition coefficient (Wildman–Crippen LogP) is 2.32. The predicted molar refractivity (Wildman–Crippen MR) is 86.5 cm³/mol. The molecule has 0 unspecified atom stereocenters. The molecule has 0 aliphatic carbocycles. The number of amides is 1. The van der Waals surface area contributed by atoms with Crippen LogP contribution < -0.4 is 0 Å². The molecule has 0 spiro atoms. The monoisotopic (exact) mass is 301 g/mol. The molecule has 1 N–H and O–H groups in total. The van der Waals surface area contributed by atoms with E-state index in [1.807, 2.05) is 37.3 Å². The van der Waals surface area contributed by atoms with Gasteiger partial charge in [0.15, 0.2) is 0 Å². The number of nitrogens with zero attached hydrogens (tertiary/aromatic N) is 3. The second-order valence-electron chi connectivity index (χ2n) is 6.06. The molecule has 0 saturated heterocycles. The summed E-state index contributed by atoms with van der Waals surface area (Å²) in [5, 5.41) is 14.4. The minimum Gasteiger partial charge on any atom is -0.389 e. The fourth-order valence-electron chi connectivity index (χ4n) is 2.42. The highest BCUT2D eigenvalue weighted by atomic mass is 16.3. The maximum absolute atomic E-state index is 12.8. The second-order valence-corrected chi connectivity index (χ2v) is 6.06. The Hall–Kier alpha value is -2.14. The van der Waals surface area contributed by atoms with Crippen molar-refractivity contribution in [3.8, 4) is 11.3 Å². The van der Waals surface area contributed by atoms with Crippen LogP contribution in [-0.4, -0.2) is 44.4 Å². The van der Waals surface area contributed by atoms with Gasteiger partial charge in [-0.15, -0.1) is 0 Å². The molecule has 0 bridgehead atoms. The Morgan fingerprint density at radius 3 is 2.50 bits per heavy atom. The minimum atomic E-state index is -0.930. The first-order valence-electron chi connectivity index (χ1n) is 7.42. The van der Waals surface area contributed by atoms with Crippen LogP contribution in [-0.2, 0) is 7.05 Å². The smallest absolute Gasteiger partial charge is 0.257 e. The SMILES string of the molecule is CCN(CC(C)(C)O)C(=O)c1cn(C)nc1-c1ccccc1. The Balaban J connectivity index is 2.38. The first kappa shape index (κ1) is 16.2. The maximum Gasteiger partial charge on any atom is 0.257 e. The molecule has 1 amide bonds. The third-order valence-corrected chi connectivity index (χ3v) is 3.35. The highest BCUT2D eigenvalue weighted by molar-refractivity contribution is 5.99. The number of aromatic nitrogens is 2. The fourth-order valence-corrected chi connectivity index (χ4v) is 2.42. The molecule has 0 saturated carbocycles. The van der Waals surface area contributed by atoms with Crippen LogP contribution in [0.5, 0.6) is 0 Å². The van der Waals surface area contributed by atoms with Gasteiger partial charge in [0.25, 0.3) is 5.91 Å². The Morgan fingerprint density at radius 2 is 1.95 bits per heavy atom. The highest BCUT2D eigenvalue weighted by Crippen LogP contribution is 2.23. The van der Waals surface area contributed by atoms with Crippen LogP contribution in [0.4, 0.5) is 0 Å². The minimum absolute atomic E-state index is 0.114. The van der Waals surface area contributed by atoms with Crippen molar-refractivity contribution < 1.29 is 9.90 Å². The van der Waals surface area contributed by atoms with E-state index in [0.29, 0.717) is 17.8 Å². The molecule has 22 heavy (non-hydrogen) atoms. The number of aliphatic hydroxyl groups is 1. The molecular formula is C17H23N3O2. The number of benzene rings is 1. The molecule has 0 aliphatic heterocycles. The highest BCUT2D eigenvalue weighted by Gasteiger charge is 2.25. The lowest BCUT2D eigenvalue weighted by molar-refractivity contribution is 0.0315.